The van der Waals surface area contributed by atoms with E-state index < -0.39 is 11.0 Å². The van der Waals surface area contributed by atoms with Crippen LogP contribution in [-0.2, 0) is 4.79 Å². The van der Waals surface area contributed by atoms with Crippen molar-refractivity contribution >= 4 is 28.8 Å². The third-order valence-electron chi connectivity index (χ3n) is 4.33. The number of nitro benzene ring substituents is 1. The number of nitro groups is 1. The summed E-state index contributed by atoms with van der Waals surface area (Å²) in [4.78, 5) is 25.2. The zero-order valence-corrected chi connectivity index (χ0v) is 16.1. The Balaban J connectivity index is 2.76. The molecule has 0 spiro atoms. The number of hydrogen-bond donors (Lipinski definition) is 1. The molecule has 1 aromatic rings. The van der Waals surface area contributed by atoms with Crippen molar-refractivity contribution in [3.8, 4) is 11.5 Å². The fourth-order valence-corrected chi connectivity index (χ4v) is 3.51. The maximum absolute atomic E-state index is 12.3. The highest BCUT2D eigenvalue weighted by molar-refractivity contribution is 7.80. The van der Waals surface area contributed by atoms with Crippen molar-refractivity contribution in [3.05, 3.63) is 39.1 Å². The number of thiocarbonyl (C=S) groups is 1. The van der Waals surface area contributed by atoms with Crippen LogP contribution in [-0.4, -0.2) is 41.5 Å². The van der Waals surface area contributed by atoms with E-state index in [0.717, 1.165) is 0 Å². The lowest BCUT2D eigenvalue weighted by Crippen LogP contribution is -2.47. The second-order valence-electron chi connectivity index (χ2n) is 5.71. The molecule has 0 bridgehead atoms. The van der Waals surface area contributed by atoms with Crippen LogP contribution in [0.1, 0.15) is 32.4 Å². The monoisotopic (exact) mass is 379 g/mol. The first kappa shape index (κ1) is 19.6. The number of methoxy groups -OCH3 is 2. The van der Waals surface area contributed by atoms with Crippen molar-refractivity contribution in [3.63, 3.8) is 0 Å². The number of carbonyl (C=O) groups excluding carboxylic acids is 1. The molecule has 1 atom stereocenters. The maximum Gasteiger partial charge on any atom is 0.279 e. The molecule has 8 nitrogen and oxygen atoms in total. The molecule has 1 aliphatic heterocycles. The Morgan fingerprint density at radius 1 is 1.35 bits per heavy atom. The normalized spacial score (nSPS) is 17.0. The Morgan fingerprint density at radius 2 is 1.92 bits per heavy atom. The van der Waals surface area contributed by atoms with Gasteiger partial charge in [-0.15, -0.1) is 0 Å². The molecule has 2 rings (SSSR count). The second-order valence-corrected chi connectivity index (χ2v) is 6.09. The molecule has 9 heteroatoms. The van der Waals surface area contributed by atoms with E-state index in [-0.39, 0.29) is 22.8 Å². The Hall–Kier alpha value is -2.68. The molecule has 0 aliphatic carbocycles. The van der Waals surface area contributed by atoms with Gasteiger partial charge in [0.2, 0.25) is 0 Å². The van der Waals surface area contributed by atoms with Gasteiger partial charge in [-0.2, -0.15) is 0 Å². The first-order valence-corrected chi connectivity index (χ1v) is 8.37. The molecule has 1 N–H and O–H groups in total. The quantitative estimate of drug-likeness (QED) is 0.458. The van der Waals surface area contributed by atoms with Crippen LogP contribution in [0, 0.1) is 10.1 Å². The summed E-state index contributed by atoms with van der Waals surface area (Å²) in [5.41, 5.74) is 1.21. The Labute approximate surface area is 156 Å². The van der Waals surface area contributed by atoms with E-state index in [1.165, 1.54) is 33.3 Å². The van der Waals surface area contributed by atoms with Gasteiger partial charge in [0.25, 0.3) is 5.69 Å². The van der Waals surface area contributed by atoms with E-state index in [1.54, 1.807) is 11.8 Å². The van der Waals surface area contributed by atoms with E-state index in [1.807, 2.05) is 6.92 Å². The maximum atomic E-state index is 12.3. The highest BCUT2D eigenvalue weighted by Crippen LogP contribution is 2.41. The standard InChI is InChI=1S/C17H21N3O5S/c1-6-19-9(2)15(10(3)21)16(18-17(19)26)11-7-13(24-4)14(25-5)8-12(11)20(22)23/h7-8,16H,6H2,1-5H3,(H,18,26). The summed E-state index contributed by atoms with van der Waals surface area (Å²) in [5, 5.41) is 15.1. The number of nitrogens with one attached hydrogen (secondary N) is 1. The van der Waals surface area contributed by atoms with Crippen molar-refractivity contribution in [2.45, 2.75) is 26.8 Å². The summed E-state index contributed by atoms with van der Waals surface area (Å²) in [6.07, 6.45) is 0. The zero-order valence-electron chi connectivity index (χ0n) is 15.3. The second kappa shape index (κ2) is 7.69. The largest absolute Gasteiger partial charge is 0.493 e. The summed E-state index contributed by atoms with van der Waals surface area (Å²) in [5.74, 6) is 0.380. The molecule has 1 aliphatic rings. The van der Waals surface area contributed by atoms with Gasteiger partial charge in [-0.1, -0.05) is 0 Å². The molecular weight excluding hydrogens is 358 g/mol. The average molecular weight is 379 g/mol. The van der Waals surface area contributed by atoms with E-state index in [9.17, 15) is 14.9 Å². The van der Waals surface area contributed by atoms with Gasteiger partial charge in [0.15, 0.2) is 22.4 Å². The minimum atomic E-state index is -0.747. The number of benzene rings is 1. The molecule has 26 heavy (non-hydrogen) atoms. The summed E-state index contributed by atoms with van der Waals surface area (Å²) in [7, 11) is 2.84. The summed E-state index contributed by atoms with van der Waals surface area (Å²) < 4.78 is 10.4. The summed E-state index contributed by atoms with van der Waals surface area (Å²) in [6.45, 7) is 5.71. The van der Waals surface area contributed by atoms with Crippen molar-refractivity contribution in [1.29, 1.82) is 0 Å². The lowest BCUT2D eigenvalue weighted by molar-refractivity contribution is -0.385. The molecule has 1 aromatic carbocycles. The highest BCUT2D eigenvalue weighted by Gasteiger charge is 2.36. The molecule has 1 unspecified atom stereocenters. The number of allylic oxidation sites excluding steroid dienone is 1. The van der Waals surface area contributed by atoms with Crippen molar-refractivity contribution in [1.82, 2.24) is 10.2 Å². The predicted molar refractivity (Wildman–Crippen MR) is 100 cm³/mol. The first-order chi connectivity index (χ1) is 12.3. The van der Waals surface area contributed by atoms with Crippen LogP contribution < -0.4 is 14.8 Å². The van der Waals surface area contributed by atoms with Gasteiger partial charge in [-0.05, 0) is 39.1 Å². The van der Waals surface area contributed by atoms with Crippen molar-refractivity contribution in [2.75, 3.05) is 20.8 Å². The third kappa shape index (κ3) is 3.34. The van der Waals surface area contributed by atoms with Crippen molar-refractivity contribution < 1.29 is 19.2 Å². The number of rotatable bonds is 6. The minimum absolute atomic E-state index is 0.181. The molecule has 140 valence electrons. The highest BCUT2D eigenvalue weighted by atomic mass is 32.1. The van der Waals surface area contributed by atoms with Gasteiger partial charge in [0.05, 0.1) is 36.8 Å². The van der Waals surface area contributed by atoms with Crippen LogP contribution in [0.5, 0.6) is 11.5 Å². The van der Waals surface area contributed by atoms with Crippen LogP contribution in [0.25, 0.3) is 0 Å². The Kier molecular flexibility index (Phi) is 5.81. The average Bonchev–Trinajstić information content (AvgIpc) is 2.59. The Bertz CT molecular complexity index is 806. The van der Waals surface area contributed by atoms with Gasteiger partial charge >= 0.3 is 0 Å². The number of ketones is 1. The predicted octanol–water partition coefficient (Wildman–Crippen LogP) is 2.73. The third-order valence-corrected chi connectivity index (χ3v) is 4.67. The first-order valence-electron chi connectivity index (χ1n) is 7.96. The fourth-order valence-electron chi connectivity index (χ4n) is 3.13. The molecule has 0 saturated heterocycles. The number of nitrogens with zero attached hydrogens (tertiary/aromatic N) is 2. The van der Waals surface area contributed by atoms with E-state index in [4.69, 9.17) is 21.7 Å². The van der Waals surface area contributed by atoms with Crippen LogP contribution in [0.15, 0.2) is 23.4 Å². The Morgan fingerprint density at radius 3 is 2.38 bits per heavy atom. The van der Waals surface area contributed by atoms with Gasteiger partial charge in [0.1, 0.15) is 0 Å². The van der Waals surface area contributed by atoms with E-state index >= 15 is 0 Å². The number of ether oxygens (including phenoxy) is 2. The topological polar surface area (TPSA) is 93.9 Å². The molecule has 1 heterocycles. The molecule has 0 amide bonds. The molecule has 0 fully saturated rings. The number of Topliss-reactive ketones (excluding diaryl/α,β-unsaturated/α-hetero) is 1. The van der Waals surface area contributed by atoms with Gasteiger partial charge in [0, 0.05) is 17.8 Å². The molecular formula is C17H21N3O5S. The van der Waals surface area contributed by atoms with Crippen molar-refractivity contribution in [2.24, 2.45) is 0 Å². The summed E-state index contributed by atoms with van der Waals surface area (Å²) >= 11 is 5.38. The van der Waals surface area contributed by atoms with Gasteiger partial charge in [-0.25, -0.2) is 0 Å². The lowest BCUT2D eigenvalue weighted by Gasteiger charge is -2.37. The SMILES string of the molecule is CCN1C(=S)NC(c2cc(OC)c(OC)cc2[N+](=O)[O-])C(C(C)=O)=C1C. The van der Waals surface area contributed by atoms with Gasteiger partial charge in [-0.3, -0.25) is 14.9 Å². The molecule has 0 aromatic heterocycles. The number of hydrogen-bond acceptors (Lipinski definition) is 6. The lowest BCUT2D eigenvalue weighted by atomic mass is 9.91. The zero-order chi connectivity index (χ0) is 19.6. The van der Waals surface area contributed by atoms with Crippen LogP contribution in [0.3, 0.4) is 0 Å². The van der Waals surface area contributed by atoms with E-state index in [2.05, 4.69) is 5.32 Å². The van der Waals surface area contributed by atoms with Crippen LogP contribution in [0.2, 0.25) is 0 Å². The smallest absolute Gasteiger partial charge is 0.279 e. The fraction of sp³-hybridized carbons (Fsp3) is 0.412. The number of carbonyl (C=O) groups is 1. The molecule has 0 saturated carbocycles. The van der Waals surface area contributed by atoms with Crippen LogP contribution in [0.4, 0.5) is 5.69 Å². The van der Waals surface area contributed by atoms with Gasteiger partial charge < -0.3 is 19.7 Å². The minimum Gasteiger partial charge on any atom is -0.493 e. The van der Waals surface area contributed by atoms with Crippen LogP contribution >= 0.6 is 12.2 Å². The van der Waals surface area contributed by atoms with E-state index in [0.29, 0.717) is 28.7 Å². The summed E-state index contributed by atoms with van der Waals surface area (Å²) in [6, 6.07) is 2.05. The molecule has 0 radical (unpaired) electrons.